The zero-order valence-electron chi connectivity index (χ0n) is 20.8. The molecule has 0 saturated heterocycles. The average Bonchev–Trinajstić information content (AvgIpc) is 3.39. The summed E-state index contributed by atoms with van der Waals surface area (Å²) in [6.45, 7) is 8.55. The summed E-state index contributed by atoms with van der Waals surface area (Å²) in [5.41, 5.74) is 1.45. The molecule has 37 heavy (non-hydrogen) atoms. The van der Waals surface area contributed by atoms with Crippen LogP contribution < -0.4 is 25.0 Å². The lowest BCUT2D eigenvalue weighted by atomic mass is 10.1. The van der Waals surface area contributed by atoms with E-state index in [1.165, 1.54) is 0 Å². The normalized spacial score (nSPS) is 10.8. The highest BCUT2D eigenvalue weighted by molar-refractivity contribution is 6.18. The molecule has 1 heterocycles. The van der Waals surface area contributed by atoms with E-state index in [9.17, 15) is 15.0 Å². The summed E-state index contributed by atoms with van der Waals surface area (Å²) in [6.07, 6.45) is 1.55. The molecule has 10 heteroatoms. The number of esters is 1. The summed E-state index contributed by atoms with van der Waals surface area (Å²) >= 11 is 12.0. The highest BCUT2D eigenvalue weighted by Gasteiger charge is 2.20. The molecule has 0 radical (unpaired) electrons. The van der Waals surface area contributed by atoms with E-state index in [1.54, 1.807) is 55.6 Å². The number of ether oxygens (including phenoxy) is 2. The van der Waals surface area contributed by atoms with Crippen molar-refractivity contribution in [3.05, 3.63) is 63.9 Å². The number of hydrogen-bond donors (Lipinski definition) is 2. The van der Waals surface area contributed by atoms with E-state index in [1.807, 2.05) is 4.90 Å². The molecule has 0 aliphatic carbocycles. The van der Waals surface area contributed by atoms with Gasteiger partial charge in [0.25, 0.3) is 0 Å². The van der Waals surface area contributed by atoms with Crippen molar-refractivity contribution in [3.8, 4) is 17.2 Å². The molecule has 2 aromatic carbocycles. The Kier molecular flexibility index (Phi) is 9.60. The van der Waals surface area contributed by atoms with Gasteiger partial charge >= 0.3 is 5.97 Å². The average molecular weight is 549 g/mol. The second-order valence-electron chi connectivity index (χ2n) is 8.37. The first kappa shape index (κ1) is 28.1. The van der Waals surface area contributed by atoms with Gasteiger partial charge in [-0.05, 0) is 30.3 Å². The quantitative estimate of drug-likeness (QED) is 0.200. The molecule has 3 rings (SSSR count). The molecule has 0 fully saturated rings. The van der Waals surface area contributed by atoms with Crippen LogP contribution in [0.1, 0.15) is 21.7 Å². The number of alkyl halides is 2. The SMILES string of the molecule is C=c1c(O)c(N(C)C)c(=C)c(O)c1COC(=O)c1ccc(N(CCCl)CCCl)c(OCc2ccco2)c1. The van der Waals surface area contributed by atoms with E-state index in [0.717, 1.165) is 0 Å². The summed E-state index contributed by atoms with van der Waals surface area (Å²) in [7, 11) is 3.41. The molecule has 0 bridgehead atoms. The summed E-state index contributed by atoms with van der Waals surface area (Å²) in [4.78, 5) is 16.5. The van der Waals surface area contributed by atoms with E-state index >= 15 is 0 Å². The van der Waals surface area contributed by atoms with Crippen LogP contribution in [0, 0.1) is 0 Å². The van der Waals surface area contributed by atoms with Crippen molar-refractivity contribution < 1.29 is 28.9 Å². The molecule has 0 spiro atoms. The van der Waals surface area contributed by atoms with Gasteiger partial charge in [0.15, 0.2) is 0 Å². The van der Waals surface area contributed by atoms with Crippen molar-refractivity contribution in [2.24, 2.45) is 0 Å². The maximum atomic E-state index is 13.0. The Balaban J connectivity index is 1.88. The highest BCUT2D eigenvalue weighted by Crippen LogP contribution is 2.31. The van der Waals surface area contributed by atoms with Crippen molar-refractivity contribution in [2.75, 3.05) is 48.7 Å². The molecule has 8 nitrogen and oxygen atoms in total. The lowest BCUT2D eigenvalue weighted by Crippen LogP contribution is -2.28. The third-order valence-corrected chi connectivity index (χ3v) is 6.06. The van der Waals surface area contributed by atoms with E-state index in [0.29, 0.717) is 47.7 Å². The van der Waals surface area contributed by atoms with Gasteiger partial charge in [-0.2, -0.15) is 0 Å². The Labute approximate surface area is 225 Å². The number of carbonyl (C=O) groups excluding carboxylic acids is 1. The van der Waals surface area contributed by atoms with Gasteiger partial charge in [0, 0.05) is 54.9 Å². The molecule has 0 unspecified atom stereocenters. The maximum absolute atomic E-state index is 13.0. The lowest BCUT2D eigenvalue weighted by Gasteiger charge is -2.25. The number of aromatic hydroxyl groups is 2. The van der Waals surface area contributed by atoms with Gasteiger partial charge in [0.1, 0.15) is 36.2 Å². The second kappa shape index (κ2) is 12.7. The summed E-state index contributed by atoms with van der Waals surface area (Å²) in [5.74, 6) is 0.797. The van der Waals surface area contributed by atoms with Crippen LogP contribution in [0.5, 0.6) is 17.2 Å². The summed E-state index contributed by atoms with van der Waals surface area (Å²) < 4.78 is 16.8. The van der Waals surface area contributed by atoms with Gasteiger partial charge in [-0.15, -0.1) is 23.2 Å². The number of benzene rings is 2. The molecule has 198 valence electrons. The molecule has 0 saturated carbocycles. The number of phenolic OH excluding ortho intramolecular Hbond substituents is 2. The van der Waals surface area contributed by atoms with Gasteiger partial charge in [-0.25, -0.2) is 4.79 Å². The third kappa shape index (κ3) is 6.45. The monoisotopic (exact) mass is 548 g/mol. The Morgan fingerprint density at radius 2 is 1.73 bits per heavy atom. The number of phenols is 2. The van der Waals surface area contributed by atoms with Crippen molar-refractivity contribution in [3.63, 3.8) is 0 Å². The van der Waals surface area contributed by atoms with Crippen molar-refractivity contribution in [1.82, 2.24) is 0 Å². The van der Waals surface area contributed by atoms with E-state index < -0.39 is 5.97 Å². The van der Waals surface area contributed by atoms with E-state index in [4.69, 9.17) is 37.1 Å². The minimum Gasteiger partial charge on any atom is -0.507 e. The summed E-state index contributed by atoms with van der Waals surface area (Å²) in [5, 5.41) is 21.5. The molecule has 3 aromatic rings. The molecule has 1 aromatic heterocycles. The fourth-order valence-corrected chi connectivity index (χ4v) is 4.25. The van der Waals surface area contributed by atoms with Gasteiger partial charge in [0.05, 0.1) is 23.2 Å². The van der Waals surface area contributed by atoms with Crippen molar-refractivity contribution >= 4 is 53.7 Å². The zero-order chi connectivity index (χ0) is 27.1. The number of hydrogen-bond acceptors (Lipinski definition) is 8. The Hall–Kier alpha value is -3.49. The predicted octanol–water partition coefficient (Wildman–Crippen LogP) is 3.80. The van der Waals surface area contributed by atoms with Crippen LogP contribution in [-0.4, -0.2) is 55.1 Å². The highest BCUT2D eigenvalue weighted by atomic mass is 35.5. The van der Waals surface area contributed by atoms with E-state index in [-0.39, 0.29) is 46.3 Å². The van der Waals surface area contributed by atoms with Crippen molar-refractivity contribution in [2.45, 2.75) is 13.2 Å². The second-order valence-corrected chi connectivity index (χ2v) is 9.12. The van der Waals surface area contributed by atoms with Gasteiger partial charge < -0.3 is 33.9 Å². The number of nitrogens with zero attached hydrogens (tertiary/aromatic N) is 2. The van der Waals surface area contributed by atoms with Crippen LogP contribution in [-0.2, 0) is 18.0 Å². The first-order valence-corrected chi connectivity index (χ1v) is 12.5. The molecule has 0 amide bonds. The van der Waals surface area contributed by atoms with Crippen molar-refractivity contribution in [1.29, 1.82) is 0 Å². The maximum Gasteiger partial charge on any atom is 0.338 e. The molecular formula is C27H30Cl2N2O6. The lowest BCUT2D eigenvalue weighted by molar-refractivity contribution is 0.0468. The Bertz CT molecular complexity index is 1320. The molecular weight excluding hydrogens is 519 g/mol. The van der Waals surface area contributed by atoms with Gasteiger partial charge in [-0.3, -0.25) is 0 Å². The van der Waals surface area contributed by atoms with Crippen LogP contribution in [0.2, 0.25) is 0 Å². The smallest absolute Gasteiger partial charge is 0.338 e. The zero-order valence-corrected chi connectivity index (χ0v) is 22.3. The number of anilines is 2. The van der Waals surface area contributed by atoms with Gasteiger partial charge in [-0.1, -0.05) is 13.2 Å². The van der Waals surface area contributed by atoms with Crippen LogP contribution in [0.25, 0.3) is 13.2 Å². The minimum absolute atomic E-state index is 0.143. The number of rotatable bonds is 12. The molecule has 0 aliphatic rings. The Morgan fingerprint density at radius 3 is 2.32 bits per heavy atom. The van der Waals surface area contributed by atoms with Crippen LogP contribution in [0.15, 0.2) is 41.0 Å². The fourth-order valence-electron chi connectivity index (χ4n) is 3.84. The van der Waals surface area contributed by atoms with Crippen LogP contribution in [0.4, 0.5) is 11.4 Å². The van der Waals surface area contributed by atoms with Gasteiger partial charge in [0.2, 0.25) is 0 Å². The predicted molar refractivity (Wildman–Crippen MR) is 147 cm³/mol. The summed E-state index contributed by atoms with van der Waals surface area (Å²) in [6, 6.07) is 8.46. The number of carbonyl (C=O) groups is 1. The molecule has 0 atom stereocenters. The first-order valence-electron chi connectivity index (χ1n) is 11.4. The van der Waals surface area contributed by atoms with Crippen LogP contribution >= 0.6 is 23.2 Å². The largest absolute Gasteiger partial charge is 0.507 e. The fraction of sp³-hybridized carbons (Fsp3) is 0.296. The number of furan rings is 1. The first-order chi connectivity index (χ1) is 17.7. The third-order valence-electron chi connectivity index (χ3n) is 5.72. The number of halogens is 2. The van der Waals surface area contributed by atoms with E-state index in [2.05, 4.69) is 13.2 Å². The standard InChI is InChI=1S/C27H30Cl2N2O6/c1-17-21(25(32)18(2)24(26(17)33)30(3)4)16-37-27(34)19-7-8-22(31(11-9-28)12-10-29)23(14-19)36-15-20-6-5-13-35-20/h5-8,13-14,32-33H,1-2,9-12,15-16H2,3-4H3. The topological polar surface area (TPSA) is 95.6 Å². The molecule has 0 aliphatic heterocycles. The van der Waals surface area contributed by atoms with Crippen LogP contribution in [0.3, 0.4) is 0 Å². The minimum atomic E-state index is -0.656. The molecule has 2 N–H and O–H groups in total. The Morgan fingerprint density at radius 1 is 1.03 bits per heavy atom.